The number of thiazole rings is 1. The molecule has 1 aliphatic heterocycles. The molecule has 2 aliphatic rings. The van der Waals surface area contributed by atoms with Crippen LogP contribution in [-0.2, 0) is 16.1 Å². The minimum atomic E-state index is -0.364. The van der Waals surface area contributed by atoms with E-state index in [4.69, 9.17) is 0 Å². The summed E-state index contributed by atoms with van der Waals surface area (Å²) in [6, 6.07) is -0.662. The molecule has 1 aromatic rings. The van der Waals surface area contributed by atoms with Gasteiger partial charge in [-0.25, -0.2) is 4.98 Å². The summed E-state index contributed by atoms with van der Waals surface area (Å²) in [5, 5.41) is 5.88. The Bertz CT molecular complexity index is 553. The van der Waals surface area contributed by atoms with Crippen molar-refractivity contribution in [3.05, 3.63) is 16.1 Å². The summed E-state index contributed by atoms with van der Waals surface area (Å²) in [6.45, 7) is 4.44. The molecule has 114 valence electrons. The van der Waals surface area contributed by atoms with Crippen molar-refractivity contribution in [2.24, 2.45) is 5.92 Å². The average molecular weight is 307 g/mol. The largest absolute Gasteiger partial charge is 0.342 e. The lowest BCUT2D eigenvalue weighted by atomic mass is 10.0. The molecule has 1 saturated carbocycles. The van der Waals surface area contributed by atoms with Gasteiger partial charge in [0, 0.05) is 5.38 Å². The number of hydrogen-bond donors (Lipinski definition) is 1. The number of amides is 2. The van der Waals surface area contributed by atoms with E-state index < -0.39 is 0 Å². The number of carbonyl (C=O) groups is 2. The smallest absolute Gasteiger partial charge is 0.246 e. The fourth-order valence-electron chi connectivity index (χ4n) is 2.99. The van der Waals surface area contributed by atoms with Crippen LogP contribution in [0.1, 0.15) is 43.3 Å². The predicted octanol–water partition coefficient (Wildman–Crippen LogP) is 1.86. The lowest BCUT2D eigenvalue weighted by Crippen LogP contribution is -2.63. The van der Waals surface area contributed by atoms with Crippen LogP contribution in [0.15, 0.2) is 5.38 Å². The summed E-state index contributed by atoms with van der Waals surface area (Å²) >= 11 is 1.58. The van der Waals surface area contributed by atoms with Gasteiger partial charge in [-0.05, 0) is 32.1 Å². The topological polar surface area (TPSA) is 62.3 Å². The predicted molar refractivity (Wildman–Crippen MR) is 80.8 cm³/mol. The Morgan fingerprint density at radius 2 is 2.19 bits per heavy atom. The van der Waals surface area contributed by atoms with Gasteiger partial charge in [-0.15, -0.1) is 11.3 Å². The summed E-state index contributed by atoms with van der Waals surface area (Å²) in [6.07, 6.45) is 3.66. The van der Waals surface area contributed by atoms with E-state index in [0.29, 0.717) is 18.9 Å². The number of nitrogens with one attached hydrogen (secondary N) is 1. The van der Waals surface area contributed by atoms with Crippen LogP contribution in [0.2, 0.25) is 0 Å². The second-order valence-corrected chi connectivity index (χ2v) is 7.02. The van der Waals surface area contributed by atoms with Gasteiger partial charge in [0.1, 0.15) is 12.1 Å². The van der Waals surface area contributed by atoms with Crippen LogP contribution < -0.4 is 5.32 Å². The first kappa shape index (κ1) is 14.5. The highest BCUT2D eigenvalue weighted by Gasteiger charge is 2.47. The van der Waals surface area contributed by atoms with Gasteiger partial charge in [0.15, 0.2) is 0 Å². The number of aromatic nitrogens is 1. The van der Waals surface area contributed by atoms with Gasteiger partial charge in [0.2, 0.25) is 11.8 Å². The molecule has 0 spiro atoms. The maximum atomic E-state index is 12.7. The van der Waals surface area contributed by atoms with Gasteiger partial charge in [0.25, 0.3) is 0 Å². The quantitative estimate of drug-likeness (QED) is 0.903. The first-order chi connectivity index (χ1) is 10.1. The zero-order valence-electron chi connectivity index (χ0n) is 12.5. The van der Waals surface area contributed by atoms with Crippen molar-refractivity contribution in [1.82, 2.24) is 15.2 Å². The number of aryl methyl sites for hydroxylation is 1. The average Bonchev–Trinajstić information content (AvgIpc) is 3.18. The normalized spacial score (nSPS) is 26.1. The number of carbonyl (C=O) groups excluding carboxylic acids is 2. The standard InChI is InChI=1S/C15H21N3O2S/c1-3-4-12-15(20)18(7-11-8-21-9(2)16-11)13(10-5-6-10)14(19)17-12/h8,10,12-13H,3-7H2,1-2H3,(H,17,19). The third kappa shape index (κ3) is 2.95. The molecule has 1 aliphatic carbocycles. The Morgan fingerprint density at radius 1 is 1.43 bits per heavy atom. The maximum absolute atomic E-state index is 12.7. The molecule has 2 fully saturated rings. The molecule has 2 heterocycles. The number of hydrogen-bond acceptors (Lipinski definition) is 4. The van der Waals surface area contributed by atoms with E-state index in [1.807, 2.05) is 19.2 Å². The van der Waals surface area contributed by atoms with Gasteiger partial charge >= 0.3 is 0 Å². The van der Waals surface area contributed by atoms with Crippen LogP contribution >= 0.6 is 11.3 Å². The van der Waals surface area contributed by atoms with E-state index >= 15 is 0 Å². The second-order valence-electron chi connectivity index (χ2n) is 5.96. The highest BCUT2D eigenvalue weighted by atomic mass is 32.1. The van der Waals surface area contributed by atoms with Crippen LogP contribution in [0.4, 0.5) is 0 Å². The fourth-order valence-corrected chi connectivity index (χ4v) is 3.60. The molecule has 6 heteroatoms. The zero-order chi connectivity index (χ0) is 15.0. The Balaban J connectivity index is 1.83. The lowest BCUT2D eigenvalue weighted by molar-refractivity contribution is -0.151. The van der Waals surface area contributed by atoms with Crippen molar-refractivity contribution < 1.29 is 9.59 Å². The first-order valence-corrected chi connectivity index (χ1v) is 8.50. The summed E-state index contributed by atoms with van der Waals surface area (Å²) in [7, 11) is 0. The summed E-state index contributed by atoms with van der Waals surface area (Å²) in [4.78, 5) is 31.3. The monoisotopic (exact) mass is 307 g/mol. The molecule has 0 radical (unpaired) electrons. The van der Waals surface area contributed by atoms with E-state index in [2.05, 4.69) is 10.3 Å². The van der Waals surface area contributed by atoms with E-state index in [1.54, 1.807) is 16.2 Å². The molecule has 21 heavy (non-hydrogen) atoms. The minimum Gasteiger partial charge on any atom is -0.342 e. The number of rotatable bonds is 5. The molecule has 3 rings (SSSR count). The Morgan fingerprint density at radius 3 is 2.76 bits per heavy atom. The molecule has 5 nitrogen and oxygen atoms in total. The molecule has 0 aromatic carbocycles. The van der Waals surface area contributed by atoms with E-state index in [-0.39, 0.29) is 23.9 Å². The highest BCUT2D eigenvalue weighted by Crippen LogP contribution is 2.37. The summed E-state index contributed by atoms with van der Waals surface area (Å²) in [5.74, 6) is 0.401. The molecule has 2 amide bonds. The van der Waals surface area contributed by atoms with Gasteiger partial charge in [0.05, 0.1) is 17.2 Å². The first-order valence-electron chi connectivity index (χ1n) is 7.62. The molecule has 0 bridgehead atoms. The van der Waals surface area contributed by atoms with Crippen LogP contribution in [0.25, 0.3) is 0 Å². The lowest BCUT2D eigenvalue weighted by Gasteiger charge is -2.39. The molecule has 2 unspecified atom stereocenters. The van der Waals surface area contributed by atoms with E-state index in [1.165, 1.54) is 0 Å². The van der Waals surface area contributed by atoms with Crippen molar-refractivity contribution >= 4 is 23.2 Å². The van der Waals surface area contributed by atoms with Gasteiger partial charge in [-0.1, -0.05) is 13.3 Å². The third-order valence-electron chi connectivity index (χ3n) is 4.15. The molecule has 1 aromatic heterocycles. The molecule has 1 saturated heterocycles. The molecular formula is C15H21N3O2S. The maximum Gasteiger partial charge on any atom is 0.246 e. The zero-order valence-corrected chi connectivity index (χ0v) is 13.3. The third-order valence-corrected chi connectivity index (χ3v) is 4.97. The van der Waals surface area contributed by atoms with E-state index in [0.717, 1.165) is 30.0 Å². The van der Waals surface area contributed by atoms with Crippen LogP contribution in [0.5, 0.6) is 0 Å². The van der Waals surface area contributed by atoms with Crippen molar-refractivity contribution in [1.29, 1.82) is 0 Å². The van der Waals surface area contributed by atoms with Gasteiger partial charge < -0.3 is 10.2 Å². The number of piperazine rings is 1. The number of nitrogens with zero attached hydrogens (tertiary/aromatic N) is 2. The van der Waals surface area contributed by atoms with Crippen molar-refractivity contribution in [3.63, 3.8) is 0 Å². The summed E-state index contributed by atoms with van der Waals surface area (Å²) in [5.41, 5.74) is 0.890. The fraction of sp³-hybridized carbons (Fsp3) is 0.667. The highest BCUT2D eigenvalue weighted by molar-refractivity contribution is 7.09. The molecule has 2 atom stereocenters. The SMILES string of the molecule is CCCC1NC(=O)C(C2CC2)N(Cc2csc(C)n2)C1=O. The van der Waals surface area contributed by atoms with Crippen LogP contribution in [0.3, 0.4) is 0 Å². The van der Waals surface area contributed by atoms with E-state index in [9.17, 15) is 9.59 Å². The Hall–Kier alpha value is -1.43. The Labute approximate surface area is 128 Å². The summed E-state index contributed by atoms with van der Waals surface area (Å²) < 4.78 is 0. The molecular weight excluding hydrogens is 286 g/mol. The Kier molecular flexibility index (Phi) is 3.97. The van der Waals surface area contributed by atoms with Gasteiger partial charge in [-0.2, -0.15) is 0 Å². The minimum absolute atomic E-state index is 0.0162. The van der Waals surface area contributed by atoms with Crippen LogP contribution in [0, 0.1) is 12.8 Å². The second kappa shape index (κ2) is 5.75. The van der Waals surface area contributed by atoms with Gasteiger partial charge in [-0.3, -0.25) is 9.59 Å². The molecule has 1 N–H and O–H groups in total. The van der Waals surface area contributed by atoms with Crippen molar-refractivity contribution in [2.75, 3.05) is 0 Å². The van der Waals surface area contributed by atoms with Crippen molar-refractivity contribution in [2.45, 2.75) is 58.2 Å². The van der Waals surface area contributed by atoms with Crippen molar-refractivity contribution in [3.8, 4) is 0 Å². The van der Waals surface area contributed by atoms with Crippen LogP contribution in [-0.4, -0.2) is 33.8 Å².